The van der Waals surface area contributed by atoms with E-state index in [2.05, 4.69) is 88.3 Å². The third-order valence-corrected chi connectivity index (χ3v) is 6.01. The zero-order valence-corrected chi connectivity index (χ0v) is 16.8. The zero-order chi connectivity index (χ0) is 18.8. The maximum absolute atomic E-state index is 5.05. The van der Waals surface area contributed by atoms with Gasteiger partial charge >= 0.3 is 0 Å². The minimum Gasteiger partial charge on any atom is -0.360 e. The Morgan fingerprint density at radius 2 is 1.64 bits per heavy atom. The molecule has 3 nitrogen and oxygen atoms in total. The fourth-order valence-corrected chi connectivity index (χ4v) is 4.56. The molecular weight excluding hydrogens is 409 g/mol. The van der Waals surface area contributed by atoms with Crippen molar-refractivity contribution in [1.29, 1.82) is 0 Å². The van der Waals surface area contributed by atoms with Crippen LogP contribution < -0.4 is 5.46 Å². The lowest BCUT2D eigenvalue weighted by Gasteiger charge is -2.06. The Bertz CT molecular complexity index is 1540. The van der Waals surface area contributed by atoms with E-state index in [0.29, 0.717) is 0 Å². The van der Waals surface area contributed by atoms with Crippen LogP contribution in [0.4, 0.5) is 0 Å². The quantitative estimate of drug-likeness (QED) is 0.282. The maximum atomic E-state index is 5.05. The summed E-state index contributed by atoms with van der Waals surface area (Å²) in [5, 5.41) is 6.04. The standard InChI is InChI=1S/C23H15BBrN3/c24-12-5-7-15-14-3-1-2-4-16(14)21-22(18(15)9-12)28-23(27-21)19-11-26-20-8-6-13(25)10-17(19)20/h1-11,26H,24H2,(H,27,28). The van der Waals surface area contributed by atoms with Gasteiger partial charge in [0.2, 0.25) is 0 Å². The first kappa shape index (κ1) is 16.0. The molecule has 0 amide bonds. The molecule has 0 aliphatic heterocycles. The molecule has 0 radical (unpaired) electrons. The van der Waals surface area contributed by atoms with Crippen molar-refractivity contribution >= 4 is 72.7 Å². The summed E-state index contributed by atoms with van der Waals surface area (Å²) in [7, 11) is 2.13. The van der Waals surface area contributed by atoms with E-state index >= 15 is 0 Å². The Kier molecular flexibility index (Phi) is 3.26. The lowest BCUT2D eigenvalue weighted by atomic mass is 9.91. The Labute approximate surface area is 170 Å². The first-order valence-corrected chi connectivity index (χ1v) is 10.1. The summed E-state index contributed by atoms with van der Waals surface area (Å²) < 4.78 is 1.06. The van der Waals surface area contributed by atoms with Crippen LogP contribution >= 0.6 is 15.9 Å². The molecule has 0 saturated carbocycles. The van der Waals surface area contributed by atoms with Gasteiger partial charge < -0.3 is 9.97 Å². The van der Waals surface area contributed by atoms with Crippen LogP contribution in [-0.2, 0) is 0 Å². The van der Waals surface area contributed by atoms with Crippen LogP contribution in [0, 0.1) is 0 Å². The van der Waals surface area contributed by atoms with E-state index in [1.165, 1.54) is 27.0 Å². The van der Waals surface area contributed by atoms with E-state index < -0.39 is 0 Å². The van der Waals surface area contributed by atoms with E-state index in [-0.39, 0.29) is 0 Å². The van der Waals surface area contributed by atoms with Gasteiger partial charge in [-0.3, -0.25) is 0 Å². The Hall–Kier alpha value is -3.05. The number of aromatic amines is 2. The molecule has 0 aliphatic carbocycles. The van der Waals surface area contributed by atoms with Gasteiger partial charge in [0, 0.05) is 37.9 Å². The first-order valence-electron chi connectivity index (χ1n) is 9.27. The summed E-state index contributed by atoms with van der Waals surface area (Å²) in [5.74, 6) is 0.888. The number of nitrogens with one attached hydrogen (secondary N) is 2. The number of hydrogen-bond acceptors (Lipinski definition) is 1. The first-order chi connectivity index (χ1) is 13.7. The van der Waals surface area contributed by atoms with Crippen molar-refractivity contribution in [2.45, 2.75) is 0 Å². The van der Waals surface area contributed by atoms with Gasteiger partial charge in [0.05, 0.1) is 11.0 Å². The summed E-state index contributed by atoms with van der Waals surface area (Å²) in [6.45, 7) is 0. The number of halogens is 1. The molecule has 0 saturated heterocycles. The van der Waals surface area contributed by atoms with E-state index in [1.54, 1.807) is 0 Å². The largest absolute Gasteiger partial charge is 0.360 e. The molecule has 0 atom stereocenters. The second kappa shape index (κ2) is 5.73. The van der Waals surface area contributed by atoms with E-state index in [0.717, 1.165) is 37.8 Å². The highest BCUT2D eigenvalue weighted by atomic mass is 79.9. The van der Waals surface area contributed by atoms with Gasteiger partial charge in [-0.1, -0.05) is 63.9 Å². The molecule has 6 rings (SSSR count). The summed E-state index contributed by atoms with van der Waals surface area (Å²) in [5.41, 5.74) is 5.54. The van der Waals surface area contributed by atoms with Gasteiger partial charge in [-0.15, -0.1) is 0 Å². The van der Waals surface area contributed by atoms with Crippen LogP contribution in [0.1, 0.15) is 0 Å². The second-order valence-corrected chi connectivity index (χ2v) is 8.21. The zero-order valence-electron chi connectivity index (χ0n) is 15.2. The van der Waals surface area contributed by atoms with Crippen molar-refractivity contribution in [2.24, 2.45) is 0 Å². The monoisotopic (exact) mass is 423 g/mol. The molecule has 0 aliphatic rings. The molecule has 0 unspecified atom stereocenters. The van der Waals surface area contributed by atoms with E-state index in [4.69, 9.17) is 4.98 Å². The van der Waals surface area contributed by atoms with Crippen molar-refractivity contribution in [3.05, 3.63) is 71.3 Å². The van der Waals surface area contributed by atoms with Gasteiger partial charge in [-0.25, -0.2) is 4.98 Å². The van der Waals surface area contributed by atoms with Crippen molar-refractivity contribution in [3.8, 4) is 11.4 Å². The molecule has 0 bridgehead atoms. The SMILES string of the molecule is Bc1ccc2c3ccccc3c3nc(-c4c[nH]c5ccc(Br)cc45)[nH]c3c2c1. The van der Waals surface area contributed by atoms with E-state index in [1.807, 2.05) is 12.3 Å². The summed E-state index contributed by atoms with van der Waals surface area (Å²) in [6.07, 6.45) is 2.03. The minimum atomic E-state index is 0.888. The third kappa shape index (κ3) is 2.20. The number of rotatable bonds is 1. The fourth-order valence-electron chi connectivity index (χ4n) is 4.20. The number of nitrogens with zero attached hydrogens (tertiary/aromatic N) is 1. The van der Waals surface area contributed by atoms with Gasteiger partial charge in [0.25, 0.3) is 0 Å². The average Bonchev–Trinajstić information content (AvgIpc) is 3.32. The summed E-state index contributed by atoms with van der Waals surface area (Å²) in [4.78, 5) is 12.0. The second-order valence-electron chi connectivity index (χ2n) is 7.30. The number of imidazole rings is 1. The molecule has 2 heterocycles. The van der Waals surface area contributed by atoms with Crippen molar-refractivity contribution in [2.75, 3.05) is 0 Å². The van der Waals surface area contributed by atoms with Gasteiger partial charge in [0.1, 0.15) is 13.7 Å². The summed E-state index contributed by atoms with van der Waals surface area (Å²) in [6, 6.07) is 21.4. The van der Waals surface area contributed by atoms with Crippen LogP contribution in [-0.4, -0.2) is 22.8 Å². The number of benzene rings is 4. The van der Waals surface area contributed by atoms with Crippen molar-refractivity contribution in [1.82, 2.24) is 15.0 Å². The number of H-pyrrole nitrogens is 2. The van der Waals surface area contributed by atoms with Gasteiger partial charge in [-0.05, 0) is 29.0 Å². The molecule has 6 aromatic rings. The molecule has 28 heavy (non-hydrogen) atoms. The van der Waals surface area contributed by atoms with Crippen molar-refractivity contribution in [3.63, 3.8) is 0 Å². The third-order valence-electron chi connectivity index (χ3n) is 5.52. The topological polar surface area (TPSA) is 44.5 Å². The number of fused-ring (bicyclic) bond motifs is 7. The van der Waals surface area contributed by atoms with Crippen LogP contribution in [0.15, 0.2) is 71.3 Å². The molecule has 2 N–H and O–H groups in total. The molecule has 132 valence electrons. The molecule has 4 aromatic carbocycles. The molecule has 0 spiro atoms. The Morgan fingerprint density at radius 3 is 2.54 bits per heavy atom. The molecular formula is C23H15BBrN3. The van der Waals surface area contributed by atoms with Gasteiger partial charge in [-0.2, -0.15) is 0 Å². The van der Waals surface area contributed by atoms with Crippen LogP contribution in [0.5, 0.6) is 0 Å². The highest BCUT2D eigenvalue weighted by Crippen LogP contribution is 2.36. The maximum Gasteiger partial charge on any atom is 0.140 e. The van der Waals surface area contributed by atoms with Crippen LogP contribution in [0.2, 0.25) is 0 Å². The number of aromatic nitrogens is 3. The van der Waals surface area contributed by atoms with Gasteiger partial charge in [0.15, 0.2) is 0 Å². The highest BCUT2D eigenvalue weighted by molar-refractivity contribution is 9.10. The number of hydrogen-bond donors (Lipinski definition) is 2. The van der Waals surface area contributed by atoms with Crippen LogP contribution in [0.3, 0.4) is 0 Å². The Morgan fingerprint density at radius 1 is 0.821 bits per heavy atom. The Balaban J connectivity index is 1.77. The van der Waals surface area contributed by atoms with Crippen LogP contribution in [0.25, 0.3) is 54.9 Å². The highest BCUT2D eigenvalue weighted by Gasteiger charge is 2.16. The fraction of sp³-hybridized carbons (Fsp3) is 0. The minimum absolute atomic E-state index is 0.888. The predicted molar refractivity (Wildman–Crippen MR) is 124 cm³/mol. The molecule has 2 aromatic heterocycles. The van der Waals surface area contributed by atoms with E-state index in [9.17, 15) is 0 Å². The normalized spacial score (nSPS) is 11.9. The van der Waals surface area contributed by atoms with Crippen molar-refractivity contribution < 1.29 is 0 Å². The molecule has 5 heteroatoms. The lowest BCUT2D eigenvalue weighted by Crippen LogP contribution is -2.00. The smallest absolute Gasteiger partial charge is 0.140 e. The predicted octanol–water partition coefficient (Wildman–Crippen LogP) is 5.04. The lowest BCUT2D eigenvalue weighted by molar-refractivity contribution is 1.34. The summed E-state index contributed by atoms with van der Waals surface area (Å²) >= 11 is 3.59. The average molecular weight is 424 g/mol. The molecule has 0 fully saturated rings.